The lowest BCUT2D eigenvalue weighted by Crippen LogP contribution is -2.65. The highest BCUT2D eigenvalue weighted by atomic mass is 32.1. The number of carboxylic acids is 1. The lowest BCUT2D eigenvalue weighted by Gasteiger charge is -2.52. The van der Waals surface area contributed by atoms with Gasteiger partial charge in [-0.25, -0.2) is 4.79 Å². The first-order valence-electron chi connectivity index (χ1n) is 14.1. The molecule has 4 heterocycles. The fourth-order valence-electron chi connectivity index (χ4n) is 6.55. The van der Waals surface area contributed by atoms with Crippen molar-refractivity contribution in [2.75, 3.05) is 26.2 Å². The molecule has 1 aromatic carbocycles. The fraction of sp³-hybridized carbons (Fsp3) is 0.567. The van der Waals surface area contributed by atoms with Crippen molar-refractivity contribution in [1.29, 1.82) is 0 Å². The second-order valence-corrected chi connectivity index (χ2v) is 12.3. The number of quaternary nitrogens is 1. The maximum atomic E-state index is 13.5. The maximum Gasteiger partial charge on any atom is 0.430 e. The Kier molecular flexibility index (Phi) is 9.92. The first-order chi connectivity index (χ1) is 19.4. The number of benzene rings is 1. The molecule has 4 fully saturated rings. The van der Waals surface area contributed by atoms with Gasteiger partial charge in [0.2, 0.25) is 0 Å². The van der Waals surface area contributed by atoms with Crippen molar-refractivity contribution in [2.24, 2.45) is 11.8 Å². The molecular formula is C30H36F3NO6S. The molecule has 1 N–H and O–H groups in total. The number of ether oxygens (including phenoxy) is 1. The summed E-state index contributed by atoms with van der Waals surface area (Å²) in [5.41, 5.74) is -0.740. The zero-order valence-corrected chi connectivity index (χ0v) is 23.6. The zero-order chi connectivity index (χ0) is 29.7. The molecule has 0 amide bonds. The minimum absolute atomic E-state index is 0.0631. The monoisotopic (exact) mass is 595 g/mol. The number of carbonyl (C=O) groups is 3. The van der Waals surface area contributed by atoms with Gasteiger partial charge in [0, 0.05) is 48.0 Å². The average Bonchev–Trinajstić information content (AvgIpc) is 3.69. The molecule has 2 atom stereocenters. The summed E-state index contributed by atoms with van der Waals surface area (Å²) in [5.74, 6) is -2.94. The second-order valence-electron chi connectivity index (χ2n) is 11.4. The van der Waals surface area contributed by atoms with E-state index < -0.39 is 23.7 Å². The molecule has 1 aliphatic carbocycles. The number of alkyl halides is 3. The summed E-state index contributed by atoms with van der Waals surface area (Å²) < 4.78 is 38.7. The Morgan fingerprint density at radius 1 is 1.00 bits per heavy atom. The van der Waals surface area contributed by atoms with Gasteiger partial charge in [-0.15, -0.1) is 11.3 Å². The lowest BCUT2D eigenvalue weighted by atomic mass is 9.81. The molecule has 1 saturated carbocycles. The van der Waals surface area contributed by atoms with Crippen LogP contribution in [0.3, 0.4) is 0 Å². The van der Waals surface area contributed by atoms with E-state index in [-0.39, 0.29) is 17.8 Å². The Labute approximate surface area is 241 Å². The van der Waals surface area contributed by atoms with Crippen LogP contribution in [-0.2, 0) is 19.9 Å². The van der Waals surface area contributed by atoms with Crippen molar-refractivity contribution in [2.45, 2.75) is 69.2 Å². The van der Waals surface area contributed by atoms with Gasteiger partial charge in [0.15, 0.2) is 17.5 Å². The summed E-state index contributed by atoms with van der Waals surface area (Å²) in [7, 11) is 0. The Balaban J connectivity index is 0.000000493. The van der Waals surface area contributed by atoms with Gasteiger partial charge in [-0.2, -0.15) is 13.2 Å². The molecule has 0 unspecified atom stereocenters. The van der Waals surface area contributed by atoms with E-state index in [1.54, 1.807) is 0 Å². The Morgan fingerprint density at radius 2 is 1.63 bits per heavy atom. The quantitative estimate of drug-likeness (QED) is 0.264. The molecule has 11 heteroatoms. The van der Waals surface area contributed by atoms with Crippen molar-refractivity contribution < 1.29 is 47.0 Å². The van der Waals surface area contributed by atoms with Gasteiger partial charge >= 0.3 is 12.1 Å². The van der Waals surface area contributed by atoms with Gasteiger partial charge in [0.1, 0.15) is 12.5 Å². The molecule has 41 heavy (non-hydrogen) atoms. The number of carbonyl (C=O) groups excluding carboxylic acids is 3. The molecular weight excluding hydrogens is 559 g/mol. The minimum atomic E-state index is -5.19. The van der Waals surface area contributed by atoms with Gasteiger partial charge in [0.05, 0.1) is 19.6 Å². The van der Waals surface area contributed by atoms with Crippen LogP contribution in [0.2, 0.25) is 0 Å². The standard InChI is InChI=1S/C28H36NO4S.C2HF3O2/c30-24(21-8-2-1-3-9-21)12-6-16-29-17-14-22(15-18-29)25(20-29)33-27(31)28(32,23-10-4-5-11-23)26-13-7-19-34-26;3-2(4,5)1(6)7/h1-3,7-9,13,19,22-23,25,32H,4-6,10-12,14-18,20H2;(H,6,7)/q+1;/p-1/t22?,25-,28+,29?;/m0./s1. The van der Waals surface area contributed by atoms with Gasteiger partial charge in [0.25, 0.3) is 0 Å². The highest BCUT2D eigenvalue weighted by Crippen LogP contribution is 2.44. The van der Waals surface area contributed by atoms with Gasteiger partial charge in [-0.1, -0.05) is 49.2 Å². The van der Waals surface area contributed by atoms with Crippen LogP contribution in [-0.4, -0.2) is 65.8 Å². The zero-order valence-electron chi connectivity index (χ0n) is 22.8. The summed E-state index contributed by atoms with van der Waals surface area (Å²) in [6.45, 7) is 3.93. The van der Waals surface area contributed by atoms with E-state index in [4.69, 9.17) is 14.6 Å². The van der Waals surface area contributed by atoms with Crippen LogP contribution in [0.25, 0.3) is 0 Å². The second kappa shape index (κ2) is 13.0. The van der Waals surface area contributed by atoms with E-state index in [0.717, 1.165) is 81.2 Å². The largest absolute Gasteiger partial charge is 0.542 e. The van der Waals surface area contributed by atoms with E-state index in [2.05, 4.69) is 0 Å². The Hall–Kier alpha value is -2.76. The Morgan fingerprint density at radius 3 is 2.20 bits per heavy atom. The normalized spacial score (nSPS) is 25.6. The van der Waals surface area contributed by atoms with Crippen molar-refractivity contribution >= 4 is 29.1 Å². The number of piperidine rings is 3. The number of hydrogen-bond acceptors (Lipinski definition) is 7. The van der Waals surface area contributed by atoms with E-state index in [1.807, 2.05) is 47.8 Å². The van der Waals surface area contributed by atoms with Crippen LogP contribution >= 0.6 is 11.3 Å². The van der Waals surface area contributed by atoms with Crippen LogP contribution in [0.4, 0.5) is 13.2 Å². The third-order valence-corrected chi connectivity index (χ3v) is 9.81. The number of aliphatic hydroxyl groups is 1. The predicted octanol–water partition coefficient (Wildman–Crippen LogP) is 4.24. The number of esters is 1. The molecule has 0 radical (unpaired) electrons. The fourth-order valence-corrected chi connectivity index (χ4v) is 7.44. The van der Waals surface area contributed by atoms with Crippen molar-refractivity contribution in [3.05, 3.63) is 58.3 Å². The third-order valence-electron chi connectivity index (χ3n) is 8.82. The Bertz CT molecular complexity index is 1170. The molecule has 1 aromatic heterocycles. The lowest BCUT2D eigenvalue weighted by molar-refractivity contribution is -0.946. The SMILES string of the molecule is O=C(CCC[N+]12CCC(CC1)[C@@H](OC(=O)[C@](O)(c1cccs1)C1CCCC1)C2)c1ccccc1.O=C([O-])C(F)(F)F. The summed E-state index contributed by atoms with van der Waals surface area (Å²) in [6, 6.07) is 13.3. The topological polar surface area (TPSA) is 104 Å². The van der Waals surface area contributed by atoms with Crippen molar-refractivity contribution in [3.63, 3.8) is 0 Å². The third kappa shape index (κ3) is 7.37. The first-order valence-corrected chi connectivity index (χ1v) is 15.0. The minimum Gasteiger partial charge on any atom is -0.542 e. The molecule has 3 aliphatic heterocycles. The summed E-state index contributed by atoms with van der Waals surface area (Å²) in [6.07, 6.45) is 2.00. The number of halogens is 3. The van der Waals surface area contributed by atoms with E-state index in [9.17, 15) is 27.9 Å². The van der Waals surface area contributed by atoms with Crippen LogP contribution in [0.1, 0.15) is 66.6 Å². The van der Waals surface area contributed by atoms with Gasteiger partial charge < -0.3 is 24.2 Å². The number of fused-ring (bicyclic) bond motifs is 3. The average molecular weight is 596 g/mol. The molecule has 4 aliphatic rings. The van der Waals surface area contributed by atoms with Crippen LogP contribution in [0, 0.1) is 11.8 Å². The molecule has 224 valence electrons. The number of rotatable bonds is 9. The number of nitrogens with zero attached hydrogens (tertiary/aromatic N) is 1. The maximum absolute atomic E-state index is 13.5. The number of thiophene rings is 1. The summed E-state index contributed by atoms with van der Waals surface area (Å²) >= 11 is 1.45. The number of carboxylic acid groups (broad SMARTS) is 1. The number of hydrogen-bond donors (Lipinski definition) is 1. The number of Topliss-reactive ketones (excluding diaryl/α,β-unsaturated/α-hetero) is 1. The van der Waals surface area contributed by atoms with Gasteiger partial charge in [-0.3, -0.25) is 4.79 Å². The highest BCUT2D eigenvalue weighted by Gasteiger charge is 2.53. The first kappa shape index (κ1) is 31.2. The summed E-state index contributed by atoms with van der Waals surface area (Å²) in [5, 5.41) is 22.4. The van der Waals surface area contributed by atoms with E-state index in [0.29, 0.717) is 17.2 Å². The highest BCUT2D eigenvalue weighted by molar-refractivity contribution is 7.10. The summed E-state index contributed by atoms with van der Waals surface area (Å²) in [4.78, 5) is 35.6. The number of ketones is 1. The molecule has 7 nitrogen and oxygen atoms in total. The molecule has 2 aromatic rings. The number of aliphatic carboxylic acids is 1. The van der Waals surface area contributed by atoms with Crippen LogP contribution in [0.5, 0.6) is 0 Å². The van der Waals surface area contributed by atoms with E-state index >= 15 is 0 Å². The van der Waals surface area contributed by atoms with E-state index in [1.165, 1.54) is 11.3 Å². The van der Waals surface area contributed by atoms with Crippen LogP contribution < -0.4 is 5.11 Å². The molecule has 0 spiro atoms. The van der Waals surface area contributed by atoms with Gasteiger partial charge in [-0.05, 0) is 24.3 Å². The molecule has 3 saturated heterocycles. The van der Waals surface area contributed by atoms with Crippen molar-refractivity contribution in [1.82, 2.24) is 0 Å². The van der Waals surface area contributed by atoms with Crippen molar-refractivity contribution in [3.8, 4) is 0 Å². The molecule has 2 bridgehead atoms. The molecule has 6 rings (SSSR count). The van der Waals surface area contributed by atoms with Crippen LogP contribution in [0.15, 0.2) is 47.8 Å². The predicted molar refractivity (Wildman–Crippen MR) is 144 cm³/mol. The smallest absolute Gasteiger partial charge is 0.430 e.